The van der Waals surface area contributed by atoms with Crippen LogP contribution >= 0.6 is 23.2 Å². The van der Waals surface area contributed by atoms with Gasteiger partial charge in [0.05, 0.1) is 10.0 Å². The third-order valence-electron chi connectivity index (χ3n) is 2.32. The Bertz CT molecular complexity index is 546. The maximum atomic E-state index is 11.6. The fourth-order valence-electron chi connectivity index (χ4n) is 1.50. The predicted octanol–water partition coefficient (Wildman–Crippen LogP) is 0.722. The van der Waals surface area contributed by atoms with Gasteiger partial charge in [0, 0.05) is 12.5 Å². The lowest BCUT2D eigenvalue weighted by Gasteiger charge is -2.27. The van der Waals surface area contributed by atoms with Gasteiger partial charge in [0.25, 0.3) is 17.4 Å². The number of halogens is 2. The molecule has 2 amide bonds. The molecule has 0 radical (unpaired) electrons. The summed E-state index contributed by atoms with van der Waals surface area (Å²) in [4.78, 5) is 34.2. The summed E-state index contributed by atoms with van der Waals surface area (Å²) in [7, 11) is 0. The van der Waals surface area contributed by atoms with E-state index >= 15 is 0 Å². The highest BCUT2D eigenvalue weighted by atomic mass is 35.5. The number of primary amides is 2. The molecular formula is C11H10Cl2N2O4. The molecule has 0 atom stereocenters. The Morgan fingerprint density at radius 1 is 1.11 bits per heavy atom. The fourth-order valence-corrected chi connectivity index (χ4v) is 1.79. The second-order valence-corrected chi connectivity index (χ2v) is 4.45. The van der Waals surface area contributed by atoms with E-state index in [0.717, 1.165) is 6.92 Å². The molecule has 0 bridgehead atoms. The van der Waals surface area contributed by atoms with Gasteiger partial charge in [-0.2, -0.15) is 0 Å². The van der Waals surface area contributed by atoms with E-state index < -0.39 is 23.4 Å². The number of benzene rings is 1. The minimum Gasteiger partial charge on any atom is -0.434 e. The molecule has 0 aliphatic rings. The Labute approximate surface area is 118 Å². The van der Waals surface area contributed by atoms with Crippen molar-refractivity contribution < 1.29 is 19.1 Å². The smallest absolute Gasteiger partial charge is 0.304 e. The largest absolute Gasteiger partial charge is 0.434 e. The van der Waals surface area contributed by atoms with Gasteiger partial charge in [-0.05, 0) is 12.1 Å². The van der Waals surface area contributed by atoms with E-state index in [9.17, 15) is 14.4 Å². The molecular weight excluding hydrogens is 295 g/mol. The zero-order valence-corrected chi connectivity index (χ0v) is 11.3. The van der Waals surface area contributed by atoms with E-state index in [1.807, 2.05) is 0 Å². The van der Waals surface area contributed by atoms with Crippen molar-refractivity contribution in [3.05, 3.63) is 33.8 Å². The molecule has 0 heterocycles. The number of carbonyl (C=O) groups excluding carboxylic acids is 3. The fraction of sp³-hybridized carbons (Fsp3) is 0.182. The van der Waals surface area contributed by atoms with E-state index in [-0.39, 0.29) is 15.6 Å². The third-order valence-corrected chi connectivity index (χ3v) is 3.06. The molecule has 0 aromatic heterocycles. The van der Waals surface area contributed by atoms with Crippen molar-refractivity contribution in [2.45, 2.75) is 12.5 Å². The molecule has 0 unspecified atom stereocenters. The van der Waals surface area contributed by atoms with Gasteiger partial charge in [-0.25, -0.2) is 0 Å². The summed E-state index contributed by atoms with van der Waals surface area (Å²) in [6, 6.07) is 3.78. The Kier molecular flexibility index (Phi) is 4.39. The summed E-state index contributed by atoms with van der Waals surface area (Å²) in [5.74, 6) is -3.36. The Balaban J connectivity index is 3.53. The van der Waals surface area contributed by atoms with Crippen LogP contribution in [0.25, 0.3) is 0 Å². The molecule has 1 aromatic carbocycles. The molecule has 1 aromatic rings. The van der Waals surface area contributed by atoms with Gasteiger partial charge in [-0.15, -0.1) is 0 Å². The standard InChI is InChI=1S/C11H10Cl2N2O4/c1-5(16)19-11(9(14)17,10(15)18)6-2-3-7(12)8(13)4-6/h2-4H,1H3,(H2,14,17)(H2,15,18). The van der Waals surface area contributed by atoms with Gasteiger partial charge < -0.3 is 16.2 Å². The minimum absolute atomic E-state index is 0.0539. The zero-order chi connectivity index (χ0) is 14.8. The van der Waals surface area contributed by atoms with Crippen LogP contribution < -0.4 is 11.5 Å². The van der Waals surface area contributed by atoms with Crippen molar-refractivity contribution in [3.63, 3.8) is 0 Å². The summed E-state index contributed by atoms with van der Waals surface area (Å²) in [5.41, 5.74) is 7.81. The third kappa shape index (κ3) is 2.80. The van der Waals surface area contributed by atoms with E-state index in [1.54, 1.807) is 0 Å². The van der Waals surface area contributed by atoms with Crippen LogP contribution in [0, 0.1) is 0 Å². The highest BCUT2D eigenvalue weighted by Gasteiger charge is 2.48. The average Bonchev–Trinajstić information content (AvgIpc) is 2.28. The van der Waals surface area contributed by atoms with Crippen molar-refractivity contribution in [1.82, 2.24) is 0 Å². The first-order chi connectivity index (χ1) is 8.71. The highest BCUT2D eigenvalue weighted by Crippen LogP contribution is 2.31. The second-order valence-electron chi connectivity index (χ2n) is 3.63. The first-order valence-electron chi connectivity index (χ1n) is 4.96. The molecule has 4 N–H and O–H groups in total. The maximum Gasteiger partial charge on any atom is 0.304 e. The summed E-state index contributed by atoms with van der Waals surface area (Å²) in [6.45, 7) is 1.01. The van der Waals surface area contributed by atoms with Gasteiger partial charge in [-0.3, -0.25) is 14.4 Å². The molecule has 0 saturated carbocycles. The van der Waals surface area contributed by atoms with Gasteiger partial charge in [0.2, 0.25) is 0 Å². The molecule has 0 fully saturated rings. The van der Waals surface area contributed by atoms with Crippen LogP contribution in [-0.2, 0) is 24.7 Å². The van der Waals surface area contributed by atoms with Crippen LogP contribution in [0.4, 0.5) is 0 Å². The highest BCUT2D eigenvalue weighted by molar-refractivity contribution is 6.42. The summed E-state index contributed by atoms with van der Waals surface area (Å²) >= 11 is 11.5. The second kappa shape index (κ2) is 5.46. The van der Waals surface area contributed by atoms with Crippen LogP contribution in [0.1, 0.15) is 12.5 Å². The summed E-state index contributed by atoms with van der Waals surface area (Å²) in [5, 5.41) is 0.245. The molecule has 0 saturated heterocycles. The van der Waals surface area contributed by atoms with Crippen LogP contribution in [0.2, 0.25) is 10.0 Å². The van der Waals surface area contributed by atoms with E-state index in [1.165, 1.54) is 18.2 Å². The van der Waals surface area contributed by atoms with E-state index in [0.29, 0.717) is 0 Å². The lowest BCUT2D eigenvalue weighted by molar-refractivity contribution is -0.172. The summed E-state index contributed by atoms with van der Waals surface area (Å²) in [6.07, 6.45) is 0. The first kappa shape index (κ1) is 15.3. The van der Waals surface area contributed by atoms with Crippen molar-refractivity contribution >= 4 is 41.0 Å². The molecule has 8 heteroatoms. The van der Waals surface area contributed by atoms with E-state index in [4.69, 9.17) is 39.4 Å². The monoisotopic (exact) mass is 304 g/mol. The van der Waals surface area contributed by atoms with E-state index in [2.05, 4.69) is 0 Å². The molecule has 0 aliphatic heterocycles. The Morgan fingerprint density at radius 2 is 1.63 bits per heavy atom. The van der Waals surface area contributed by atoms with Crippen LogP contribution in [0.15, 0.2) is 18.2 Å². The Morgan fingerprint density at radius 3 is 2.00 bits per heavy atom. The quantitative estimate of drug-likeness (QED) is 0.630. The van der Waals surface area contributed by atoms with Gasteiger partial charge in [0.15, 0.2) is 0 Å². The van der Waals surface area contributed by atoms with Crippen LogP contribution in [-0.4, -0.2) is 17.8 Å². The van der Waals surface area contributed by atoms with Gasteiger partial charge in [0.1, 0.15) is 0 Å². The number of esters is 1. The minimum atomic E-state index is -2.42. The molecule has 6 nitrogen and oxygen atoms in total. The molecule has 102 valence electrons. The number of rotatable bonds is 4. The SMILES string of the molecule is CC(=O)OC(C(N)=O)(C(N)=O)c1ccc(Cl)c(Cl)c1. The number of amides is 2. The van der Waals surface area contributed by atoms with Crippen LogP contribution in [0.5, 0.6) is 0 Å². The number of nitrogens with two attached hydrogens (primary N) is 2. The Hall–Kier alpha value is -1.79. The number of carbonyl (C=O) groups is 3. The van der Waals surface area contributed by atoms with Crippen molar-refractivity contribution in [1.29, 1.82) is 0 Å². The number of ether oxygens (including phenoxy) is 1. The summed E-state index contributed by atoms with van der Waals surface area (Å²) < 4.78 is 4.75. The normalized spacial score (nSPS) is 10.9. The topological polar surface area (TPSA) is 112 Å². The predicted molar refractivity (Wildman–Crippen MR) is 68.3 cm³/mol. The number of hydrogen-bond acceptors (Lipinski definition) is 4. The number of hydrogen-bond donors (Lipinski definition) is 2. The van der Waals surface area contributed by atoms with Gasteiger partial charge in [-0.1, -0.05) is 29.3 Å². The lowest BCUT2D eigenvalue weighted by atomic mass is 9.92. The molecule has 19 heavy (non-hydrogen) atoms. The average molecular weight is 305 g/mol. The van der Waals surface area contributed by atoms with Crippen LogP contribution in [0.3, 0.4) is 0 Å². The molecule has 0 aliphatic carbocycles. The van der Waals surface area contributed by atoms with Crippen molar-refractivity contribution in [2.75, 3.05) is 0 Å². The molecule has 0 spiro atoms. The molecule has 1 rings (SSSR count). The van der Waals surface area contributed by atoms with Crippen molar-refractivity contribution in [2.24, 2.45) is 11.5 Å². The zero-order valence-electron chi connectivity index (χ0n) is 9.78. The lowest BCUT2D eigenvalue weighted by Crippen LogP contribution is -2.54. The first-order valence-corrected chi connectivity index (χ1v) is 5.72. The maximum absolute atomic E-state index is 11.6. The van der Waals surface area contributed by atoms with Crippen molar-refractivity contribution in [3.8, 4) is 0 Å². The van der Waals surface area contributed by atoms with Gasteiger partial charge >= 0.3 is 5.97 Å².